The summed E-state index contributed by atoms with van der Waals surface area (Å²) in [5.41, 5.74) is 7.40. The number of rotatable bonds is 2. The van der Waals surface area contributed by atoms with E-state index in [1.807, 2.05) is 41.7 Å². The molecule has 2 atom stereocenters. The molecule has 4 heteroatoms. The molecule has 0 amide bonds. The van der Waals surface area contributed by atoms with E-state index in [0.29, 0.717) is 5.25 Å². The SMILES string of the molecule is NC(c1cccc(Cl)c1)C1CSCCS1. The Bertz CT molecular complexity index is 326. The van der Waals surface area contributed by atoms with Crippen LogP contribution in [0.25, 0.3) is 0 Å². The summed E-state index contributed by atoms with van der Waals surface area (Å²) < 4.78 is 0. The van der Waals surface area contributed by atoms with Crippen molar-refractivity contribution in [3.8, 4) is 0 Å². The van der Waals surface area contributed by atoms with Gasteiger partial charge in [-0.2, -0.15) is 23.5 Å². The van der Waals surface area contributed by atoms with Gasteiger partial charge < -0.3 is 5.73 Å². The maximum absolute atomic E-state index is 6.25. The molecular weight excluding hydrogens is 246 g/mol. The zero-order chi connectivity index (χ0) is 10.7. The van der Waals surface area contributed by atoms with Crippen LogP contribution in [0, 0.1) is 0 Å². The van der Waals surface area contributed by atoms with Crippen molar-refractivity contribution in [1.29, 1.82) is 0 Å². The minimum atomic E-state index is 0.112. The summed E-state index contributed by atoms with van der Waals surface area (Å²) in [5, 5.41) is 1.30. The zero-order valence-electron chi connectivity index (χ0n) is 8.36. The van der Waals surface area contributed by atoms with Crippen molar-refractivity contribution in [3.63, 3.8) is 0 Å². The molecular formula is C11H14ClNS2. The predicted octanol–water partition coefficient (Wildman–Crippen LogP) is 3.19. The minimum absolute atomic E-state index is 0.112. The van der Waals surface area contributed by atoms with Crippen molar-refractivity contribution < 1.29 is 0 Å². The number of thioether (sulfide) groups is 2. The van der Waals surface area contributed by atoms with Crippen LogP contribution in [0.5, 0.6) is 0 Å². The highest BCUT2D eigenvalue weighted by Gasteiger charge is 2.22. The van der Waals surface area contributed by atoms with Crippen LogP contribution in [-0.2, 0) is 0 Å². The van der Waals surface area contributed by atoms with E-state index >= 15 is 0 Å². The molecule has 0 radical (unpaired) electrons. The number of hydrogen-bond donors (Lipinski definition) is 1. The van der Waals surface area contributed by atoms with Gasteiger partial charge in [-0.15, -0.1) is 0 Å². The third-order valence-corrected chi connectivity index (χ3v) is 5.60. The van der Waals surface area contributed by atoms with Crippen molar-refractivity contribution in [2.75, 3.05) is 17.3 Å². The van der Waals surface area contributed by atoms with Crippen LogP contribution in [0.1, 0.15) is 11.6 Å². The molecule has 0 saturated carbocycles. The lowest BCUT2D eigenvalue weighted by atomic mass is 10.1. The summed E-state index contributed by atoms with van der Waals surface area (Å²) >= 11 is 9.94. The number of hydrogen-bond acceptors (Lipinski definition) is 3. The van der Waals surface area contributed by atoms with E-state index in [9.17, 15) is 0 Å². The maximum Gasteiger partial charge on any atom is 0.0424 e. The van der Waals surface area contributed by atoms with Crippen molar-refractivity contribution in [1.82, 2.24) is 0 Å². The van der Waals surface area contributed by atoms with E-state index in [1.165, 1.54) is 11.5 Å². The van der Waals surface area contributed by atoms with E-state index in [4.69, 9.17) is 17.3 Å². The van der Waals surface area contributed by atoms with Gasteiger partial charge in [0.05, 0.1) is 0 Å². The van der Waals surface area contributed by atoms with Crippen LogP contribution < -0.4 is 5.73 Å². The van der Waals surface area contributed by atoms with Gasteiger partial charge in [0.15, 0.2) is 0 Å². The lowest BCUT2D eigenvalue weighted by Crippen LogP contribution is -2.28. The summed E-state index contributed by atoms with van der Waals surface area (Å²) in [6, 6.07) is 8.02. The summed E-state index contributed by atoms with van der Waals surface area (Å²) in [6.45, 7) is 0. The van der Waals surface area contributed by atoms with Gasteiger partial charge in [-0.3, -0.25) is 0 Å². The molecule has 15 heavy (non-hydrogen) atoms. The van der Waals surface area contributed by atoms with Crippen LogP contribution in [0.2, 0.25) is 5.02 Å². The van der Waals surface area contributed by atoms with Gasteiger partial charge in [0.1, 0.15) is 0 Å². The Morgan fingerprint density at radius 1 is 1.40 bits per heavy atom. The first kappa shape index (κ1) is 11.6. The van der Waals surface area contributed by atoms with Crippen molar-refractivity contribution in [3.05, 3.63) is 34.9 Å². The largest absolute Gasteiger partial charge is 0.323 e. The van der Waals surface area contributed by atoms with E-state index in [0.717, 1.165) is 16.3 Å². The third kappa shape index (κ3) is 3.06. The van der Waals surface area contributed by atoms with E-state index in [-0.39, 0.29) is 6.04 Å². The van der Waals surface area contributed by atoms with Gasteiger partial charge in [0.25, 0.3) is 0 Å². The average molecular weight is 260 g/mol. The lowest BCUT2D eigenvalue weighted by Gasteiger charge is -2.27. The summed E-state index contributed by atoms with van der Waals surface area (Å²) in [5.74, 6) is 3.62. The molecule has 1 saturated heterocycles. The molecule has 2 rings (SSSR count). The molecule has 0 aliphatic carbocycles. The van der Waals surface area contributed by atoms with Gasteiger partial charge in [-0.1, -0.05) is 23.7 Å². The predicted molar refractivity (Wildman–Crippen MR) is 72.0 cm³/mol. The van der Waals surface area contributed by atoms with Gasteiger partial charge in [-0.05, 0) is 17.7 Å². The molecule has 1 fully saturated rings. The first-order valence-corrected chi connectivity index (χ1v) is 7.56. The normalized spacial score (nSPS) is 23.7. The van der Waals surface area contributed by atoms with Gasteiger partial charge in [0, 0.05) is 33.6 Å². The second-order valence-corrected chi connectivity index (χ2v) is 6.50. The van der Waals surface area contributed by atoms with E-state index < -0.39 is 0 Å². The number of nitrogens with two attached hydrogens (primary N) is 1. The van der Waals surface area contributed by atoms with Crippen molar-refractivity contribution >= 4 is 35.1 Å². The van der Waals surface area contributed by atoms with Gasteiger partial charge in [0.2, 0.25) is 0 Å². The van der Waals surface area contributed by atoms with Gasteiger partial charge in [-0.25, -0.2) is 0 Å². The lowest BCUT2D eigenvalue weighted by molar-refractivity contribution is 0.720. The Balaban J connectivity index is 2.08. The van der Waals surface area contributed by atoms with Crippen LogP contribution in [-0.4, -0.2) is 22.5 Å². The number of halogens is 1. The van der Waals surface area contributed by atoms with Crippen LogP contribution in [0.4, 0.5) is 0 Å². The Labute approximate surface area is 104 Å². The standard InChI is InChI=1S/C11H14ClNS2/c12-9-3-1-2-8(6-9)11(13)10-7-14-4-5-15-10/h1-3,6,10-11H,4-5,7,13H2. The fourth-order valence-electron chi connectivity index (χ4n) is 1.64. The third-order valence-electron chi connectivity index (χ3n) is 2.48. The molecule has 1 aromatic carbocycles. The molecule has 1 nitrogen and oxygen atoms in total. The quantitative estimate of drug-likeness (QED) is 0.884. The maximum atomic E-state index is 6.25. The Morgan fingerprint density at radius 3 is 2.93 bits per heavy atom. The molecule has 2 unspecified atom stereocenters. The highest BCUT2D eigenvalue weighted by molar-refractivity contribution is 8.06. The first-order chi connectivity index (χ1) is 7.27. The highest BCUT2D eigenvalue weighted by Crippen LogP contribution is 2.32. The average Bonchev–Trinajstić information content (AvgIpc) is 2.29. The topological polar surface area (TPSA) is 26.0 Å². The molecule has 2 N–H and O–H groups in total. The Kier molecular flexibility index (Phi) is 4.26. The summed E-state index contributed by atoms with van der Waals surface area (Å²) in [6.07, 6.45) is 0. The summed E-state index contributed by atoms with van der Waals surface area (Å²) in [7, 11) is 0. The second-order valence-electron chi connectivity index (χ2n) is 3.56. The molecule has 0 bridgehead atoms. The van der Waals surface area contributed by atoms with Crippen LogP contribution >= 0.6 is 35.1 Å². The molecule has 0 spiro atoms. The molecule has 0 aromatic heterocycles. The molecule has 1 aliphatic heterocycles. The van der Waals surface area contributed by atoms with E-state index in [2.05, 4.69) is 6.07 Å². The van der Waals surface area contributed by atoms with E-state index in [1.54, 1.807) is 0 Å². The highest BCUT2D eigenvalue weighted by atomic mass is 35.5. The Hall–Kier alpha value is 0.170. The molecule has 1 aromatic rings. The molecule has 1 aliphatic rings. The van der Waals surface area contributed by atoms with Crippen LogP contribution in [0.3, 0.4) is 0 Å². The smallest absolute Gasteiger partial charge is 0.0424 e. The fraction of sp³-hybridized carbons (Fsp3) is 0.455. The molecule has 1 heterocycles. The zero-order valence-corrected chi connectivity index (χ0v) is 10.7. The van der Waals surface area contributed by atoms with Crippen LogP contribution in [0.15, 0.2) is 24.3 Å². The monoisotopic (exact) mass is 259 g/mol. The number of benzene rings is 1. The molecule has 82 valence electrons. The second kappa shape index (κ2) is 5.48. The first-order valence-electron chi connectivity index (χ1n) is 4.98. The Morgan fingerprint density at radius 2 is 2.27 bits per heavy atom. The van der Waals surface area contributed by atoms with Crippen molar-refractivity contribution in [2.24, 2.45) is 5.73 Å². The summed E-state index contributed by atoms with van der Waals surface area (Å²) in [4.78, 5) is 0. The van der Waals surface area contributed by atoms with Gasteiger partial charge >= 0.3 is 0 Å². The minimum Gasteiger partial charge on any atom is -0.323 e. The van der Waals surface area contributed by atoms with Crippen molar-refractivity contribution in [2.45, 2.75) is 11.3 Å². The fourth-order valence-corrected chi connectivity index (χ4v) is 4.64.